The highest BCUT2D eigenvalue weighted by Gasteiger charge is 2.46. The predicted octanol–water partition coefficient (Wildman–Crippen LogP) is 2.89. The molecule has 3 atom stereocenters. The molecule has 3 aromatic rings. The maximum atomic E-state index is 11.5. The molecule has 31 heavy (non-hydrogen) atoms. The third-order valence-corrected chi connectivity index (χ3v) is 5.69. The van der Waals surface area contributed by atoms with Crippen LogP contribution in [0.2, 0.25) is 5.02 Å². The zero-order valence-corrected chi connectivity index (χ0v) is 18.3. The second-order valence-electron chi connectivity index (χ2n) is 8.72. The smallest absolute Gasteiger partial charge is 0.404 e. The van der Waals surface area contributed by atoms with Crippen LogP contribution in [0.5, 0.6) is 0 Å². The summed E-state index contributed by atoms with van der Waals surface area (Å²) in [6.07, 6.45) is 3.05. The van der Waals surface area contributed by atoms with E-state index in [1.807, 2.05) is 36.1 Å². The van der Waals surface area contributed by atoms with Crippen molar-refractivity contribution in [1.29, 1.82) is 0 Å². The molecule has 1 amide bonds. The number of hydrogen-bond acceptors (Lipinski definition) is 7. The summed E-state index contributed by atoms with van der Waals surface area (Å²) >= 11 is 6.16. The molecule has 0 aliphatic carbocycles. The average molecular weight is 445 g/mol. The third kappa shape index (κ3) is 4.15. The summed E-state index contributed by atoms with van der Waals surface area (Å²) < 4.78 is 7.18. The lowest BCUT2D eigenvalue weighted by Crippen LogP contribution is -2.62. The molecule has 3 N–H and O–H groups in total. The van der Waals surface area contributed by atoms with Crippen LogP contribution >= 0.6 is 11.6 Å². The molecule has 0 aromatic carbocycles. The number of hydrogen-bond donors (Lipinski definition) is 2. The van der Waals surface area contributed by atoms with E-state index in [9.17, 15) is 9.90 Å². The Morgan fingerprint density at radius 1 is 1.29 bits per heavy atom. The van der Waals surface area contributed by atoms with E-state index in [2.05, 4.69) is 9.97 Å². The fraction of sp³-hybridized carbons (Fsp3) is 0.429. The second-order valence-corrected chi connectivity index (χ2v) is 9.16. The van der Waals surface area contributed by atoms with Crippen molar-refractivity contribution in [3.8, 4) is 11.5 Å². The number of nitrogens with two attached hydrogens (primary N) is 1. The van der Waals surface area contributed by atoms with E-state index in [-0.39, 0.29) is 11.5 Å². The molecule has 1 aliphatic rings. The van der Waals surface area contributed by atoms with Gasteiger partial charge in [-0.25, -0.2) is 19.7 Å². The number of aliphatic hydroxyl groups is 1. The normalized spacial score (nSPS) is 22.0. The Balaban J connectivity index is 1.76. The Morgan fingerprint density at radius 3 is 2.77 bits per heavy atom. The standard InChI is InChI=1S/C21H25ClN6O3/c1-21(2,3)18-17(31-20(23)30)14(29)7-9-27(18)16-6-8-24-19(26-16)13-10-25-15-5-4-12(22)11-28(13)15/h4-6,8,10-11,14,17-18,29H,7,9H2,1-3H3,(H2,23,30)/t14-,17+,18?/m1/s1. The van der Waals surface area contributed by atoms with Crippen LogP contribution in [-0.2, 0) is 4.74 Å². The molecule has 1 aliphatic heterocycles. The first-order valence-corrected chi connectivity index (χ1v) is 10.4. The zero-order valence-electron chi connectivity index (χ0n) is 17.6. The molecule has 0 radical (unpaired) electrons. The number of anilines is 1. The quantitative estimate of drug-likeness (QED) is 0.637. The largest absolute Gasteiger partial charge is 0.441 e. The minimum atomic E-state index is -0.911. The van der Waals surface area contributed by atoms with E-state index in [0.29, 0.717) is 35.3 Å². The molecule has 1 unspecified atom stereocenters. The fourth-order valence-corrected chi connectivity index (χ4v) is 4.37. The van der Waals surface area contributed by atoms with E-state index in [0.717, 1.165) is 5.65 Å². The van der Waals surface area contributed by atoms with Crippen molar-refractivity contribution in [2.24, 2.45) is 11.1 Å². The number of aromatic nitrogens is 4. The molecule has 0 bridgehead atoms. The Hall–Kier alpha value is -2.91. The summed E-state index contributed by atoms with van der Waals surface area (Å²) in [4.78, 5) is 27.2. The molecular formula is C21H25ClN6O3. The van der Waals surface area contributed by atoms with Crippen LogP contribution < -0.4 is 10.6 Å². The lowest BCUT2D eigenvalue weighted by Gasteiger charge is -2.49. The van der Waals surface area contributed by atoms with Gasteiger partial charge >= 0.3 is 6.09 Å². The lowest BCUT2D eigenvalue weighted by molar-refractivity contribution is -0.0461. The van der Waals surface area contributed by atoms with E-state index in [4.69, 9.17) is 27.1 Å². The van der Waals surface area contributed by atoms with E-state index in [1.165, 1.54) is 0 Å². The van der Waals surface area contributed by atoms with Gasteiger partial charge in [-0.2, -0.15) is 0 Å². The van der Waals surface area contributed by atoms with Gasteiger partial charge in [0.25, 0.3) is 0 Å². The Bertz CT molecular complexity index is 1110. The summed E-state index contributed by atoms with van der Waals surface area (Å²) in [6.45, 7) is 6.61. The van der Waals surface area contributed by atoms with Crippen LogP contribution in [0.1, 0.15) is 27.2 Å². The van der Waals surface area contributed by atoms with Gasteiger partial charge in [-0.15, -0.1) is 0 Å². The van der Waals surface area contributed by atoms with Crippen molar-refractivity contribution < 1.29 is 14.6 Å². The van der Waals surface area contributed by atoms with Crippen LogP contribution in [0.3, 0.4) is 0 Å². The number of nitrogens with zero attached hydrogens (tertiary/aromatic N) is 5. The van der Waals surface area contributed by atoms with Gasteiger partial charge in [0.1, 0.15) is 17.2 Å². The monoisotopic (exact) mass is 444 g/mol. The van der Waals surface area contributed by atoms with Gasteiger partial charge < -0.3 is 20.5 Å². The number of primary amides is 1. The number of imidazole rings is 1. The van der Waals surface area contributed by atoms with E-state index >= 15 is 0 Å². The number of rotatable bonds is 3. The van der Waals surface area contributed by atoms with E-state index < -0.39 is 18.3 Å². The summed E-state index contributed by atoms with van der Waals surface area (Å²) in [5.74, 6) is 1.14. The van der Waals surface area contributed by atoms with Crippen LogP contribution in [0.15, 0.2) is 36.8 Å². The molecule has 9 nitrogen and oxygen atoms in total. The van der Waals surface area contributed by atoms with E-state index in [1.54, 1.807) is 30.7 Å². The minimum absolute atomic E-state index is 0.344. The summed E-state index contributed by atoms with van der Waals surface area (Å²) in [5, 5.41) is 11.1. The van der Waals surface area contributed by atoms with Crippen molar-refractivity contribution in [1.82, 2.24) is 19.4 Å². The van der Waals surface area contributed by atoms with Crippen molar-refractivity contribution in [2.75, 3.05) is 11.4 Å². The molecule has 0 spiro atoms. The molecule has 3 aromatic heterocycles. The predicted molar refractivity (Wildman–Crippen MR) is 117 cm³/mol. The number of pyridine rings is 1. The Labute approximate surface area is 184 Å². The number of carbonyl (C=O) groups is 1. The maximum absolute atomic E-state index is 11.5. The molecule has 164 valence electrons. The molecule has 4 rings (SSSR count). The number of fused-ring (bicyclic) bond motifs is 1. The SMILES string of the molecule is CC(C)(C)C1[C@@H](OC(N)=O)[C@H](O)CCN1c1ccnc(-c2cnc3ccc(Cl)cn23)n1. The number of carbonyl (C=O) groups excluding carboxylic acids is 1. The second kappa shape index (κ2) is 7.97. The maximum Gasteiger partial charge on any atom is 0.404 e. The average Bonchev–Trinajstić information content (AvgIpc) is 3.11. The number of piperidine rings is 1. The van der Waals surface area contributed by atoms with Gasteiger partial charge in [-0.05, 0) is 30.0 Å². The highest BCUT2D eigenvalue weighted by molar-refractivity contribution is 6.30. The summed E-state index contributed by atoms with van der Waals surface area (Å²) in [7, 11) is 0. The molecule has 4 heterocycles. The minimum Gasteiger partial charge on any atom is -0.441 e. The molecular weight excluding hydrogens is 420 g/mol. The lowest BCUT2D eigenvalue weighted by atomic mass is 9.77. The van der Waals surface area contributed by atoms with Crippen LogP contribution in [0.25, 0.3) is 17.2 Å². The first-order valence-electron chi connectivity index (χ1n) is 10.0. The summed E-state index contributed by atoms with van der Waals surface area (Å²) in [5.41, 5.74) is 6.38. The van der Waals surface area contributed by atoms with Crippen LogP contribution in [0.4, 0.5) is 10.6 Å². The highest BCUT2D eigenvalue weighted by Crippen LogP contribution is 2.36. The van der Waals surface area contributed by atoms with Crippen molar-refractivity contribution in [3.05, 3.63) is 41.8 Å². The van der Waals surface area contributed by atoms with Gasteiger partial charge in [0, 0.05) is 18.9 Å². The number of amides is 1. The van der Waals surface area contributed by atoms with Gasteiger partial charge in [0.2, 0.25) is 0 Å². The van der Waals surface area contributed by atoms with Gasteiger partial charge in [0.15, 0.2) is 11.9 Å². The van der Waals surface area contributed by atoms with Gasteiger partial charge in [-0.3, -0.25) is 4.40 Å². The molecule has 1 saturated heterocycles. The Kier molecular flexibility index (Phi) is 5.49. The fourth-order valence-electron chi connectivity index (χ4n) is 4.21. The number of halogens is 1. The zero-order chi connectivity index (χ0) is 22.3. The van der Waals surface area contributed by atoms with Crippen LogP contribution in [0, 0.1) is 5.41 Å². The van der Waals surface area contributed by atoms with Gasteiger partial charge in [0.05, 0.1) is 23.4 Å². The topological polar surface area (TPSA) is 119 Å². The highest BCUT2D eigenvalue weighted by atomic mass is 35.5. The van der Waals surface area contributed by atoms with Crippen molar-refractivity contribution >= 4 is 29.2 Å². The molecule has 0 saturated carbocycles. The van der Waals surface area contributed by atoms with Crippen molar-refractivity contribution in [3.63, 3.8) is 0 Å². The third-order valence-electron chi connectivity index (χ3n) is 5.47. The van der Waals surface area contributed by atoms with Crippen molar-refractivity contribution in [2.45, 2.75) is 45.4 Å². The first-order chi connectivity index (χ1) is 14.6. The summed E-state index contributed by atoms with van der Waals surface area (Å²) in [6, 6.07) is 5.06. The van der Waals surface area contributed by atoms with Gasteiger partial charge in [-0.1, -0.05) is 32.4 Å². The number of ether oxygens (including phenoxy) is 1. The van der Waals surface area contributed by atoms with Crippen LogP contribution in [-0.4, -0.2) is 55.3 Å². The first kappa shape index (κ1) is 21.3. The Morgan fingerprint density at radius 2 is 2.06 bits per heavy atom. The molecule has 1 fully saturated rings. The number of aliphatic hydroxyl groups excluding tert-OH is 1. The molecule has 10 heteroatoms.